The average molecular weight is 333 g/mol. The molecule has 0 spiro atoms. The lowest BCUT2D eigenvalue weighted by atomic mass is 9.85. The number of nitrogens with zero attached hydrogens (tertiary/aromatic N) is 2. The Hall–Kier alpha value is -1.66. The first kappa shape index (κ1) is 17.2. The van der Waals surface area contributed by atoms with Gasteiger partial charge in [0.25, 0.3) is 0 Å². The topological polar surface area (TPSA) is 84.3 Å². The lowest BCUT2D eigenvalue weighted by Gasteiger charge is -2.30. The number of aliphatic hydroxyl groups is 1. The highest BCUT2D eigenvalue weighted by atomic mass is 16.5. The Morgan fingerprint density at radius 2 is 2.04 bits per heavy atom. The molecule has 0 bridgehead atoms. The number of aryl methyl sites for hydroxylation is 2. The van der Waals surface area contributed by atoms with Gasteiger partial charge in [0.2, 0.25) is 5.89 Å². The summed E-state index contributed by atoms with van der Waals surface area (Å²) in [5.41, 5.74) is -0.992. The van der Waals surface area contributed by atoms with Crippen molar-refractivity contribution in [2.75, 3.05) is 6.54 Å². The van der Waals surface area contributed by atoms with Crippen molar-refractivity contribution in [1.82, 2.24) is 15.5 Å². The van der Waals surface area contributed by atoms with Crippen molar-refractivity contribution in [3.05, 3.63) is 35.4 Å². The third-order valence-corrected chi connectivity index (χ3v) is 4.88. The molecule has 0 amide bonds. The van der Waals surface area contributed by atoms with Gasteiger partial charge in [-0.25, -0.2) is 0 Å². The van der Waals surface area contributed by atoms with Crippen LogP contribution in [-0.2, 0) is 12.0 Å². The van der Waals surface area contributed by atoms with Crippen LogP contribution in [-0.4, -0.2) is 27.8 Å². The second kappa shape index (κ2) is 7.07. The van der Waals surface area contributed by atoms with Gasteiger partial charge in [-0.15, -0.1) is 0 Å². The van der Waals surface area contributed by atoms with Crippen molar-refractivity contribution >= 4 is 0 Å². The molecule has 2 heterocycles. The molecule has 6 heteroatoms. The van der Waals surface area contributed by atoms with Crippen LogP contribution in [0.2, 0.25) is 0 Å². The summed E-state index contributed by atoms with van der Waals surface area (Å²) in [5.74, 6) is 3.36. The molecule has 6 nitrogen and oxygen atoms in total. The fourth-order valence-corrected chi connectivity index (χ4v) is 3.28. The molecular weight excluding hydrogens is 306 g/mol. The second-order valence-electron chi connectivity index (χ2n) is 7.02. The molecular formula is C18H27N3O3. The largest absolute Gasteiger partial charge is 0.463 e. The quantitative estimate of drug-likeness (QED) is 0.845. The van der Waals surface area contributed by atoms with Gasteiger partial charge in [-0.3, -0.25) is 0 Å². The van der Waals surface area contributed by atoms with E-state index < -0.39 is 5.60 Å². The van der Waals surface area contributed by atoms with Crippen LogP contribution < -0.4 is 5.32 Å². The maximum Gasteiger partial charge on any atom is 0.229 e. The van der Waals surface area contributed by atoms with Crippen LogP contribution in [0.15, 0.2) is 21.1 Å². The van der Waals surface area contributed by atoms with E-state index in [1.807, 2.05) is 26.0 Å². The molecule has 1 fully saturated rings. The molecule has 1 aliphatic rings. The number of rotatable bonds is 6. The van der Waals surface area contributed by atoms with Crippen molar-refractivity contribution in [3.63, 3.8) is 0 Å². The average Bonchev–Trinajstić information content (AvgIpc) is 3.23. The highest BCUT2D eigenvalue weighted by Crippen LogP contribution is 2.32. The van der Waals surface area contributed by atoms with Gasteiger partial charge in [0.05, 0.1) is 0 Å². The molecule has 132 valence electrons. The molecule has 2 N–H and O–H groups in total. The Morgan fingerprint density at radius 1 is 1.29 bits per heavy atom. The number of hydrogen-bond acceptors (Lipinski definition) is 6. The van der Waals surface area contributed by atoms with Gasteiger partial charge in [0, 0.05) is 24.9 Å². The normalized spacial score (nSPS) is 24.0. The number of furan rings is 1. The van der Waals surface area contributed by atoms with E-state index in [-0.39, 0.29) is 0 Å². The van der Waals surface area contributed by atoms with Gasteiger partial charge < -0.3 is 19.4 Å². The van der Waals surface area contributed by atoms with Crippen LogP contribution in [0.1, 0.15) is 68.7 Å². The summed E-state index contributed by atoms with van der Waals surface area (Å²) in [4.78, 5) is 4.45. The van der Waals surface area contributed by atoms with Gasteiger partial charge in [0.15, 0.2) is 5.82 Å². The Kier molecular flexibility index (Phi) is 5.06. The predicted molar refractivity (Wildman–Crippen MR) is 89.7 cm³/mol. The van der Waals surface area contributed by atoms with Crippen LogP contribution in [0.25, 0.3) is 0 Å². The van der Waals surface area contributed by atoms with E-state index in [2.05, 4.69) is 15.5 Å². The van der Waals surface area contributed by atoms with Gasteiger partial charge >= 0.3 is 0 Å². The summed E-state index contributed by atoms with van der Waals surface area (Å²) < 4.78 is 10.9. The molecule has 0 radical (unpaired) electrons. The molecule has 2 aromatic heterocycles. The zero-order valence-electron chi connectivity index (χ0n) is 14.7. The highest BCUT2D eigenvalue weighted by Gasteiger charge is 2.30. The van der Waals surface area contributed by atoms with E-state index in [0.29, 0.717) is 24.3 Å². The Balaban J connectivity index is 1.48. The molecule has 1 atom stereocenters. The zero-order chi connectivity index (χ0) is 17.2. The Bertz CT molecular complexity index is 654. The first-order valence-electron chi connectivity index (χ1n) is 8.83. The molecule has 3 rings (SSSR count). The second-order valence-corrected chi connectivity index (χ2v) is 7.02. The van der Waals surface area contributed by atoms with Crippen LogP contribution >= 0.6 is 0 Å². The van der Waals surface area contributed by atoms with Gasteiger partial charge in [0.1, 0.15) is 17.1 Å². The molecule has 1 aliphatic carbocycles. The lowest BCUT2D eigenvalue weighted by molar-refractivity contribution is 0.0292. The molecule has 0 aliphatic heterocycles. The van der Waals surface area contributed by atoms with Gasteiger partial charge in [-0.2, -0.15) is 4.98 Å². The summed E-state index contributed by atoms with van der Waals surface area (Å²) in [6, 6.07) is 4.12. The number of aromatic nitrogens is 2. The maximum absolute atomic E-state index is 10.6. The van der Waals surface area contributed by atoms with Crippen molar-refractivity contribution in [3.8, 4) is 0 Å². The van der Waals surface area contributed by atoms with E-state index >= 15 is 0 Å². The Morgan fingerprint density at radius 3 is 2.62 bits per heavy atom. The standard InChI is InChI=1S/C18H27N3O3/c1-4-16-20-17(24-21-16)13-6-8-14(9-7-13)19-11-18(3,22)15-10-5-12(2)23-15/h5,10,13-14,19,22H,4,6-9,11H2,1-3H3. The predicted octanol–water partition coefficient (Wildman–Crippen LogP) is 3.06. The molecule has 1 saturated carbocycles. The van der Waals surface area contributed by atoms with Crippen LogP contribution in [0.4, 0.5) is 0 Å². The monoisotopic (exact) mass is 333 g/mol. The third-order valence-electron chi connectivity index (χ3n) is 4.88. The number of nitrogens with one attached hydrogen (secondary N) is 1. The van der Waals surface area contributed by atoms with E-state index in [9.17, 15) is 5.11 Å². The maximum atomic E-state index is 10.6. The molecule has 2 aromatic rings. The van der Waals surface area contributed by atoms with Gasteiger partial charge in [-0.1, -0.05) is 12.1 Å². The van der Waals surface area contributed by atoms with Crippen LogP contribution in [0.3, 0.4) is 0 Å². The Labute approximate surface area is 142 Å². The molecule has 1 unspecified atom stereocenters. The first-order valence-corrected chi connectivity index (χ1v) is 8.83. The van der Waals surface area contributed by atoms with Crippen molar-refractivity contribution in [2.24, 2.45) is 0 Å². The summed E-state index contributed by atoms with van der Waals surface area (Å²) in [7, 11) is 0. The first-order chi connectivity index (χ1) is 11.5. The van der Waals surface area contributed by atoms with Crippen LogP contribution in [0, 0.1) is 6.92 Å². The van der Waals surface area contributed by atoms with E-state index in [4.69, 9.17) is 8.94 Å². The minimum absolute atomic E-state index is 0.365. The summed E-state index contributed by atoms with van der Waals surface area (Å²) in [6.07, 6.45) is 4.96. The highest BCUT2D eigenvalue weighted by molar-refractivity contribution is 5.13. The zero-order valence-corrected chi connectivity index (χ0v) is 14.7. The van der Waals surface area contributed by atoms with E-state index in [0.717, 1.165) is 49.6 Å². The van der Waals surface area contributed by atoms with Crippen LogP contribution in [0.5, 0.6) is 0 Å². The van der Waals surface area contributed by atoms with E-state index in [1.165, 1.54) is 0 Å². The van der Waals surface area contributed by atoms with Crippen molar-refractivity contribution in [2.45, 2.75) is 70.4 Å². The third kappa shape index (κ3) is 3.87. The molecule has 0 saturated heterocycles. The summed E-state index contributed by atoms with van der Waals surface area (Å²) in [5, 5.41) is 18.1. The van der Waals surface area contributed by atoms with Crippen molar-refractivity contribution in [1.29, 1.82) is 0 Å². The fraction of sp³-hybridized carbons (Fsp3) is 0.667. The van der Waals surface area contributed by atoms with Gasteiger partial charge in [-0.05, 0) is 51.7 Å². The van der Waals surface area contributed by atoms with Crippen molar-refractivity contribution < 1.29 is 14.0 Å². The smallest absolute Gasteiger partial charge is 0.229 e. The molecule has 24 heavy (non-hydrogen) atoms. The summed E-state index contributed by atoms with van der Waals surface area (Å²) >= 11 is 0. The lowest BCUT2D eigenvalue weighted by Crippen LogP contribution is -2.42. The SMILES string of the molecule is CCc1noc(C2CCC(NCC(C)(O)c3ccc(C)o3)CC2)n1. The molecule has 0 aromatic carbocycles. The number of hydrogen-bond donors (Lipinski definition) is 2. The minimum atomic E-state index is -0.992. The van der Waals surface area contributed by atoms with E-state index in [1.54, 1.807) is 6.92 Å². The fourth-order valence-electron chi connectivity index (χ4n) is 3.28. The minimum Gasteiger partial charge on any atom is -0.463 e. The summed E-state index contributed by atoms with van der Waals surface area (Å²) in [6.45, 7) is 6.18.